The maximum atomic E-state index is 12.7. The average molecular weight is 336 g/mol. The van der Waals surface area contributed by atoms with E-state index in [0.717, 1.165) is 44.8 Å². The quantitative estimate of drug-likeness (QED) is 0.891. The SMILES string of the molecule is Cl.O=C(c1cccc(N2CCCC2=O)c1)N1C[C@H]2CNC[C@H]2C1. The first-order valence-electron chi connectivity index (χ1n) is 8.13. The third kappa shape index (κ3) is 2.95. The van der Waals surface area contributed by atoms with E-state index in [9.17, 15) is 9.59 Å². The van der Waals surface area contributed by atoms with Crippen molar-refractivity contribution in [2.45, 2.75) is 12.8 Å². The molecule has 6 heteroatoms. The van der Waals surface area contributed by atoms with Crippen LogP contribution in [-0.2, 0) is 4.79 Å². The first-order chi connectivity index (χ1) is 10.7. The van der Waals surface area contributed by atoms with Crippen LogP contribution in [0.15, 0.2) is 24.3 Å². The molecule has 0 spiro atoms. The molecule has 3 aliphatic heterocycles. The van der Waals surface area contributed by atoms with Crippen LogP contribution in [0.1, 0.15) is 23.2 Å². The number of hydrogen-bond donors (Lipinski definition) is 1. The molecule has 0 saturated carbocycles. The summed E-state index contributed by atoms with van der Waals surface area (Å²) in [7, 11) is 0. The first-order valence-corrected chi connectivity index (χ1v) is 8.13. The lowest BCUT2D eigenvalue weighted by molar-refractivity contribution is -0.117. The zero-order chi connectivity index (χ0) is 15.1. The van der Waals surface area contributed by atoms with Gasteiger partial charge in [-0.3, -0.25) is 9.59 Å². The van der Waals surface area contributed by atoms with Crippen LogP contribution in [0.3, 0.4) is 0 Å². The number of halogens is 1. The Morgan fingerprint density at radius 1 is 1.17 bits per heavy atom. The van der Waals surface area contributed by atoms with Crippen LogP contribution in [0.2, 0.25) is 0 Å². The van der Waals surface area contributed by atoms with Gasteiger partial charge in [0, 0.05) is 50.4 Å². The summed E-state index contributed by atoms with van der Waals surface area (Å²) in [5, 5.41) is 3.39. The van der Waals surface area contributed by atoms with Gasteiger partial charge in [0.1, 0.15) is 0 Å². The molecule has 1 aromatic rings. The molecule has 2 amide bonds. The average Bonchev–Trinajstić information content (AvgIpc) is 3.21. The molecule has 0 aliphatic carbocycles. The van der Waals surface area contributed by atoms with Crippen molar-refractivity contribution < 1.29 is 9.59 Å². The van der Waals surface area contributed by atoms with Crippen molar-refractivity contribution >= 4 is 29.9 Å². The topological polar surface area (TPSA) is 52.7 Å². The molecule has 1 N–H and O–H groups in total. The second kappa shape index (κ2) is 6.49. The summed E-state index contributed by atoms with van der Waals surface area (Å²) in [6.07, 6.45) is 1.51. The molecule has 3 fully saturated rings. The number of fused-ring (bicyclic) bond motifs is 1. The van der Waals surface area contributed by atoms with Crippen molar-refractivity contribution in [3.63, 3.8) is 0 Å². The highest BCUT2D eigenvalue weighted by Crippen LogP contribution is 2.28. The fraction of sp³-hybridized carbons (Fsp3) is 0.529. The molecular weight excluding hydrogens is 314 g/mol. The second-order valence-electron chi connectivity index (χ2n) is 6.59. The van der Waals surface area contributed by atoms with E-state index in [1.54, 1.807) is 4.90 Å². The summed E-state index contributed by atoms with van der Waals surface area (Å²) in [6, 6.07) is 7.53. The van der Waals surface area contributed by atoms with E-state index in [1.165, 1.54) is 0 Å². The number of nitrogens with one attached hydrogen (secondary N) is 1. The summed E-state index contributed by atoms with van der Waals surface area (Å²) in [4.78, 5) is 28.4. The van der Waals surface area contributed by atoms with Crippen LogP contribution < -0.4 is 10.2 Å². The van der Waals surface area contributed by atoms with Crippen LogP contribution in [-0.4, -0.2) is 49.4 Å². The number of hydrogen-bond acceptors (Lipinski definition) is 3. The van der Waals surface area contributed by atoms with Crippen molar-refractivity contribution in [2.24, 2.45) is 11.8 Å². The van der Waals surface area contributed by atoms with Crippen LogP contribution >= 0.6 is 12.4 Å². The van der Waals surface area contributed by atoms with E-state index in [0.29, 0.717) is 23.8 Å². The van der Waals surface area contributed by atoms with Gasteiger partial charge in [-0.2, -0.15) is 0 Å². The minimum absolute atomic E-state index is 0. The van der Waals surface area contributed by atoms with Crippen LogP contribution in [0.5, 0.6) is 0 Å². The van der Waals surface area contributed by atoms with E-state index in [1.807, 2.05) is 29.2 Å². The van der Waals surface area contributed by atoms with Gasteiger partial charge >= 0.3 is 0 Å². The van der Waals surface area contributed by atoms with E-state index >= 15 is 0 Å². The second-order valence-corrected chi connectivity index (χ2v) is 6.59. The maximum Gasteiger partial charge on any atom is 0.253 e. The Morgan fingerprint density at radius 2 is 1.91 bits per heavy atom. The number of carbonyl (C=O) groups is 2. The Balaban J connectivity index is 0.00000156. The molecule has 3 heterocycles. The molecule has 2 atom stereocenters. The molecule has 1 aromatic carbocycles. The Labute approximate surface area is 142 Å². The Kier molecular flexibility index (Phi) is 4.60. The number of nitrogens with zero attached hydrogens (tertiary/aromatic N) is 2. The largest absolute Gasteiger partial charge is 0.338 e. The summed E-state index contributed by atoms with van der Waals surface area (Å²) < 4.78 is 0. The van der Waals surface area contributed by atoms with Gasteiger partial charge in [-0.25, -0.2) is 0 Å². The third-order valence-corrected chi connectivity index (χ3v) is 5.15. The molecule has 0 aromatic heterocycles. The molecule has 0 bridgehead atoms. The molecule has 23 heavy (non-hydrogen) atoms. The summed E-state index contributed by atoms with van der Waals surface area (Å²) in [5.74, 6) is 1.47. The number of benzene rings is 1. The first kappa shape index (κ1) is 16.3. The zero-order valence-electron chi connectivity index (χ0n) is 13.0. The molecular formula is C17H22ClN3O2. The molecule has 5 nitrogen and oxygen atoms in total. The molecule has 3 saturated heterocycles. The number of rotatable bonds is 2. The van der Waals surface area contributed by atoms with Crippen LogP contribution in [0, 0.1) is 11.8 Å². The fourth-order valence-corrected chi connectivity index (χ4v) is 3.93. The standard InChI is InChI=1S/C17H21N3O2.ClH/c21-16-5-2-6-20(16)15-4-1-3-12(7-15)17(22)19-10-13-8-18-9-14(13)11-19;/h1,3-4,7,13-14,18H,2,5-6,8-11H2;1H/t13-,14+;. The summed E-state index contributed by atoms with van der Waals surface area (Å²) in [6.45, 7) is 4.51. The van der Waals surface area contributed by atoms with Gasteiger partial charge < -0.3 is 15.1 Å². The lowest BCUT2D eigenvalue weighted by atomic mass is 10.0. The maximum absolute atomic E-state index is 12.7. The van der Waals surface area contributed by atoms with E-state index in [2.05, 4.69) is 5.32 Å². The minimum Gasteiger partial charge on any atom is -0.338 e. The van der Waals surface area contributed by atoms with E-state index in [4.69, 9.17) is 0 Å². The molecule has 124 valence electrons. The smallest absolute Gasteiger partial charge is 0.253 e. The van der Waals surface area contributed by atoms with Crippen molar-refractivity contribution in [1.29, 1.82) is 0 Å². The summed E-state index contributed by atoms with van der Waals surface area (Å²) >= 11 is 0. The van der Waals surface area contributed by atoms with E-state index < -0.39 is 0 Å². The number of carbonyl (C=O) groups excluding carboxylic acids is 2. The fourth-order valence-electron chi connectivity index (χ4n) is 3.93. The highest BCUT2D eigenvalue weighted by atomic mass is 35.5. The lowest BCUT2D eigenvalue weighted by Crippen LogP contribution is -2.32. The molecule has 0 unspecified atom stereocenters. The highest BCUT2D eigenvalue weighted by Gasteiger charge is 2.38. The Hall–Kier alpha value is -1.59. The van der Waals surface area contributed by atoms with E-state index in [-0.39, 0.29) is 24.2 Å². The highest BCUT2D eigenvalue weighted by molar-refractivity contribution is 5.99. The van der Waals surface area contributed by atoms with Crippen LogP contribution in [0.25, 0.3) is 0 Å². The van der Waals surface area contributed by atoms with Crippen molar-refractivity contribution in [2.75, 3.05) is 37.6 Å². The van der Waals surface area contributed by atoms with Gasteiger partial charge in [0.15, 0.2) is 0 Å². The monoisotopic (exact) mass is 335 g/mol. The summed E-state index contributed by atoms with van der Waals surface area (Å²) in [5.41, 5.74) is 1.56. The number of amides is 2. The van der Waals surface area contributed by atoms with Gasteiger partial charge in [0.25, 0.3) is 5.91 Å². The molecule has 4 rings (SSSR count). The van der Waals surface area contributed by atoms with Crippen molar-refractivity contribution in [1.82, 2.24) is 10.2 Å². The van der Waals surface area contributed by atoms with Gasteiger partial charge in [0.05, 0.1) is 0 Å². The van der Waals surface area contributed by atoms with Crippen molar-refractivity contribution in [3.8, 4) is 0 Å². The van der Waals surface area contributed by atoms with Crippen LogP contribution in [0.4, 0.5) is 5.69 Å². The Bertz CT molecular complexity index is 610. The minimum atomic E-state index is 0. The molecule has 3 aliphatic rings. The van der Waals surface area contributed by atoms with Crippen molar-refractivity contribution in [3.05, 3.63) is 29.8 Å². The van der Waals surface area contributed by atoms with Gasteiger partial charge in [-0.15, -0.1) is 12.4 Å². The lowest BCUT2D eigenvalue weighted by Gasteiger charge is -2.20. The van der Waals surface area contributed by atoms with Gasteiger partial charge in [-0.1, -0.05) is 6.07 Å². The Morgan fingerprint density at radius 3 is 2.57 bits per heavy atom. The normalized spacial score (nSPS) is 26.3. The predicted octanol–water partition coefficient (Wildman–Crippen LogP) is 1.53. The zero-order valence-corrected chi connectivity index (χ0v) is 13.8. The third-order valence-electron chi connectivity index (χ3n) is 5.15. The van der Waals surface area contributed by atoms with Gasteiger partial charge in [0.2, 0.25) is 5.91 Å². The number of anilines is 1. The predicted molar refractivity (Wildman–Crippen MR) is 91.0 cm³/mol. The molecule has 0 radical (unpaired) electrons. The number of likely N-dealkylation sites (tertiary alicyclic amines) is 1. The van der Waals surface area contributed by atoms with Gasteiger partial charge in [-0.05, 0) is 36.5 Å².